The Morgan fingerprint density at radius 1 is 1.05 bits per heavy atom. The predicted octanol–water partition coefficient (Wildman–Crippen LogP) is 5.39. The van der Waals surface area contributed by atoms with Gasteiger partial charge in [-0.25, -0.2) is 0 Å². The van der Waals surface area contributed by atoms with Crippen LogP contribution in [0.4, 0.5) is 5.69 Å². The largest absolute Gasteiger partial charge is 0.378 e. The maximum Gasteiger partial charge on any atom is 0.0516 e. The highest BCUT2D eigenvalue weighted by Crippen LogP contribution is 2.33. The number of rotatable bonds is 2. The smallest absolute Gasteiger partial charge is 0.0516 e. The molecule has 1 unspecified atom stereocenters. The van der Waals surface area contributed by atoms with Crippen LogP contribution >= 0.6 is 11.3 Å². The number of thiophene rings is 1. The molecule has 0 radical (unpaired) electrons. The lowest BCUT2D eigenvalue weighted by atomic mass is 9.87. The minimum Gasteiger partial charge on any atom is -0.378 e. The number of anilines is 1. The fourth-order valence-corrected chi connectivity index (χ4v) is 3.93. The van der Waals surface area contributed by atoms with Crippen LogP contribution in [0.3, 0.4) is 0 Å². The van der Waals surface area contributed by atoms with Crippen molar-refractivity contribution in [2.24, 2.45) is 0 Å². The lowest BCUT2D eigenvalue weighted by Crippen LogP contribution is -2.17. The second-order valence-electron chi connectivity index (χ2n) is 5.46. The van der Waals surface area contributed by atoms with E-state index in [-0.39, 0.29) is 0 Å². The Morgan fingerprint density at radius 2 is 2.00 bits per heavy atom. The summed E-state index contributed by atoms with van der Waals surface area (Å²) in [5.41, 5.74) is 4.22. The van der Waals surface area contributed by atoms with Gasteiger partial charge in [0.15, 0.2) is 0 Å². The molecule has 0 spiro atoms. The van der Waals surface area contributed by atoms with Gasteiger partial charge in [-0.1, -0.05) is 24.3 Å². The molecule has 1 aliphatic rings. The van der Waals surface area contributed by atoms with Gasteiger partial charge in [-0.2, -0.15) is 0 Å². The van der Waals surface area contributed by atoms with Gasteiger partial charge in [-0.3, -0.25) is 0 Å². The standard InChI is InChI=1S/C18H17NS/c1-2-6-16-13(4-1)5-3-7-17(16)19-15-8-9-18-14(12-15)10-11-20-18/h1-2,4,6,8-12,17,19H,3,5,7H2. The van der Waals surface area contributed by atoms with Crippen LogP contribution in [-0.4, -0.2) is 0 Å². The Bertz CT molecular complexity index is 744. The minimum absolute atomic E-state index is 0.455. The van der Waals surface area contributed by atoms with Gasteiger partial charge in [0, 0.05) is 10.4 Å². The van der Waals surface area contributed by atoms with Crippen LogP contribution < -0.4 is 5.32 Å². The summed E-state index contributed by atoms with van der Waals surface area (Å²) in [4.78, 5) is 0. The van der Waals surface area contributed by atoms with Crippen molar-refractivity contribution in [3.8, 4) is 0 Å². The third kappa shape index (κ3) is 2.10. The Hall–Kier alpha value is -1.80. The van der Waals surface area contributed by atoms with E-state index in [1.165, 1.54) is 46.2 Å². The van der Waals surface area contributed by atoms with Gasteiger partial charge < -0.3 is 5.32 Å². The number of fused-ring (bicyclic) bond motifs is 2. The average molecular weight is 279 g/mol. The van der Waals surface area contributed by atoms with Crippen molar-refractivity contribution in [2.45, 2.75) is 25.3 Å². The molecule has 0 aliphatic heterocycles. The predicted molar refractivity (Wildman–Crippen MR) is 87.6 cm³/mol. The molecule has 1 heterocycles. The van der Waals surface area contributed by atoms with Crippen LogP contribution in [-0.2, 0) is 6.42 Å². The summed E-state index contributed by atoms with van der Waals surface area (Å²) in [6.45, 7) is 0. The second kappa shape index (κ2) is 4.95. The molecular formula is C18H17NS. The van der Waals surface area contributed by atoms with E-state index >= 15 is 0 Å². The average Bonchev–Trinajstić information content (AvgIpc) is 2.95. The van der Waals surface area contributed by atoms with Crippen molar-refractivity contribution in [3.05, 3.63) is 65.0 Å². The molecule has 0 saturated heterocycles. The molecule has 0 bridgehead atoms. The topological polar surface area (TPSA) is 12.0 Å². The van der Waals surface area contributed by atoms with E-state index in [9.17, 15) is 0 Å². The van der Waals surface area contributed by atoms with E-state index in [1.54, 1.807) is 11.3 Å². The highest BCUT2D eigenvalue weighted by Gasteiger charge is 2.19. The molecule has 2 aromatic carbocycles. The van der Waals surface area contributed by atoms with Crippen molar-refractivity contribution in [3.63, 3.8) is 0 Å². The first kappa shape index (κ1) is 12.0. The van der Waals surface area contributed by atoms with Crippen molar-refractivity contribution < 1.29 is 0 Å². The third-order valence-corrected chi connectivity index (χ3v) is 5.06. The van der Waals surface area contributed by atoms with Crippen LogP contribution in [0.1, 0.15) is 30.0 Å². The number of hydrogen-bond donors (Lipinski definition) is 1. The van der Waals surface area contributed by atoms with E-state index in [0.717, 1.165) is 0 Å². The molecule has 20 heavy (non-hydrogen) atoms. The van der Waals surface area contributed by atoms with Gasteiger partial charge in [0.1, 0.15) is 0 Å². The highest BCUT2D eigenvalue weighted by molar-refractivity contribution is 7.17. The summed E-state index contributed by atoms with van der Waals surface area (Å²) >= 11 is 1.80. The van der Waals surface area contributed by atoms with Crippen LogP contribution in [0.25, 0.3) is 10.1 Å². The Kier molecular flexibility index (Phi) is 2.96. The van der Waals surface area contributed by atoms with E-state index in [4.69, 9.17) is 0 Å². The fourth-order valence-electron chi connectivity index (χ4n) is 3.16. The summed E-state index contributed by atoms with van der Waals surface area (Å²) in [5, 5.41) is 7.22. The van der Waals surface area contributed by atoms with Gasteiger partial charge in [0.2, 0.25) is 0 Å². The van der Waals surface area contributed by atoms with Gasteiger partial charge in [-0.15, -0.1) is 11.3 Å². The molecule has 100 valence electrons. The van der Waals surface area contributed by atoms with Crippen LogP contribution in [0.5, 0.6) is 0 Å². The van der Waals surface area contributed by atoms with Crippen LogP contribution in [0.2, 0.25) is 0 Å². The van der Waals surface area contributed by atoms with Gasteiger partial charge in [-0.05, 0) is 65.4 Å². The maximum absolute atomic E-state index is 3.72. The summed E-state index contributed by atoms with van der Waals surface area (Å²) in [7, 11) is 0. The molecule has 0 fully saturated rings. The molecule has 1 aromatic heterocycles. The number of benzene rings is 2. The molecular weight excluding hydrogens is 262 g/mol. The molecule has 0 saturated carbocycles. The fraction of sp³-hybridized carbons (Fsp3) is 0.222. The van der Waals surface area contributed by atoms with Gasteiger partial charge >= 0.3 is 0 Å². The van der Waals surface area contributed by atoms with Gasteiger partial charge in [0.25, 0.3) is 0 Å². The molecule has 1 atom stereocenters. The Morgan fingerprint density at radius 3 is 3.00 bits per heavy atom. The molecule has 1 N–H and O–H groups in total. The maximum atomic E-state index is 3.72. The zero-order chi connectivity index (χ0) is 13.4. The third-order valence-electron chi connectivity index (χ3n) is 4.16. The molecule has 4 rings (SSSR count). The Labute approximate surface area is 123 Å². The number of nitrogens with one attached hydrogen (secondary N) is 1. The summed E-state index contributed by atoms with van der Waals surface area (Å²) in [6, 6.07) is 18.2. The first-order valence-corrected chi connectivity index (χ1v) is 8.10. The Balaban J connectivity index is 1.66. The summed E-state index contributed by atoms with van der Waals surface area (Å²) in [6.07, 6.45) is 3.71. The van der Waals surface area contributed by atoms with Crippen molar-refractivity contribution in [1.82, 2.24) is 0 Å². The molecule has 1 nitrogen and oxygen atoms in total. The lowest BCUT2D eigenvalue weighted by Gasteiger charge is -2.27. The summed E-state index contributed by atoms with van der Waals surface area (Å²) in [5.74, 6) is 0. The minimum atomic E-state index is 0.455. The van der Waals surface area contributed by atoms with Crippen molar-refractivity contribution in [1.29, 1.82) is 0 Å². The lowest BCUT2D eigenvalue weighted by molar-refractivity contribution is 0.600. The monoisotopic (exact) mass is 279 g/mol. The molecule has 0 amide bonds. The van der Waals surface area contributed by atoms with E-state index in [0.29, 0.717) is 6.04 Å². The first-order valence-electron chi connectivity index (χ1n) is 7.22. The zero-order valence-electron chi connectivity index (χ0n) is 11.3. The first-order chi connectivity index (χ1) is 9.90. The van der Waals surface area contributed by atoms with E-state index in [2.05, 4.69) is 59.2 Å². The summed E-state index contributed by atoms with van der Waals surface area (Å²) < 4.78 is 1.36. The van der Waals surface area contributed by atoms with Crippen LogP contribution in [0, 0.1) is 0 Å². The van der Waals surface area contributed by atoms with E-state index in [1.807, 2.05) is 0 Å². The molecule has 1 aliphatic carbocycles. The number of hydrogen-bond acceptors (Lipinski definition) is 2. The second-order valence-corrected chi connectivity index (χ2v) is 6.41. The quantitative estimate of drug-likeness (QED) is 0.663. The van der Waals surface area contributed by atoms with Crippen LogP contribution in [0.15, 0.2) is 53.9 Å². The van der Waals surface area contributed by atoms with Crippen molar-refractivity contribution >= 4 is 27.1 Å². The highest BCUT2D eigenvalue weighted by atomic mass is 32.1. The van der Waals surface area contributed by atoms with Crippen molar-refractivity contribution in [2.75, 3.05) is 5.32 Å². The van der Waals surface area contributed by atoms with E-state index < -0.39 is 0 Å². The number of aryl methyl sites for hydroxylation is 1. The normalized spacial score (nSPS) is 17.9. The SMILES string of the molecule is c1ccc2c(c1)CCCC2Nc1ccc2sccc2c1. The van der Waals surface area contributed by atoms with Gasteiger partial charge in [0.05, 0.1) is 6.04 Å². The zero-order valence-corrected chi connectivity index (χ0v) is 12.1. The molecule has 2 heteroatoms. The molecule has 3 aromatic rings.